The molecule has 1 aliphatic rings. The van der Waals surface area contributed by atoms with Gasteiger partial charge in [0.2, 0.25) is 0 Å². The average molecular weight is 237 g/mol. The minimum absolute atomic E-state index is 0.622. The van der Waals surface area contributed by atoms with Gasteiger partial charge < -0.3 is 10.1 Å². The topological polar surface area (TPSA) is 39.1 Å². The Bertz CT molecular complexity index is 367. The van der Waals surface area contributed by atoms with E-state index in [9.17, 15) is 0 Å². The van der Waals surface area contributed by atoms with E-state index in [1.165, 1.54) is 24.1 Å². The van der Waals surface area contributed by atoms with Crippen molar-refractivity contribution in [2.45, 2.75) is 45.8 Å². The first-order valence-corrected chi connectivity index (χ1v) is 6.53. The van der Waals surface area contributed by atoms with Gasteiger partial charge in [0, 0.05) is 25.3 Å². The van der Waals surface area contributed by atoms with E-state index in [2.05, 4.69) is 28.9 Å². The summed E-state index contributed by atoms with van der Waals surface area (Å²) >= 11 is 0. The van der Waals surface area contributed by atoms with Gasteiger partial charge >= 0.3 is 0 Å². The van der Waals surface area contributed by atoms with E-state index in [4.69, 9.17) is 4.74 Å². The van der Waals surface area contributed by atoms with Crippen LogP contribution < -0.4 is 5.32 Å². The Kier molecular flexibility index (Phi) is 4.18. The fraction of sp³-hybridized carbons (Fsp3) is 0.769. The normalized spacial score (nSPS) is 17.6. The van der Waals surface area contributed by atoms with Crippen molar-refractivity contribution >= 4 is 0 Å². The molecule has 1 aliphatic heterocycles. The van der Waals surface area contributed by atoms with Crippen LogP contribution in [0.15, 0.2) is 0 Å². The van der Waals surface area contributed by atoms with Crippen molar-refractivity contribution in [3.05, 3.63) is 17.0 Å². The molecule has 0 amide bonds. The molecule has 1 aromatic rings. The fourth-order valence-corrected chi connectivity index (χ4v) is 2.74. The first kappa shape index (κ1) is 12.6. The molecule has 96 valence electrons. The fourth-order valence-electron chi connectivity index (χ4n) is 2.74. The predicted molar refractivity (Wildman–Crippen MR) is 68.2 cm³/mol. The Morgan fingerprint density at radius 3 is 2.71 bits per heavy atom. The molecule has 2 heterocycles. The Morgan fingerprint density at radius 2 is 2.12 bits per heavy atom. The summed E-state index contributed by atoms with van der Waals surface area (Å²) in [5, 5.41) is 8.08. The molecule has 1 fully saturated rings. The lowest BCUT2D eigenvalue weighted by atomic mass is 9.91. The maximum atomic E-state index is 5.22. The van der Waals surface area contributed by atoms with Gasteiger partial charge in [0.1, 0.15) is 0 Å². The van der Waals surface area contributed by atoms with Crippen LogP contribution in [0.4, 0.5) is 0 Å². The zero-order chi connectivity index (χ0) is 12.3. The predicted octanol–water partition coefficient (Wildman–Crippen LogP) is 1.82. The molecule has 17 heavy (non-hydrogen) atoms. The molecule has 0 unspecified atom stereocenters. The lowest BCUT2D eigenvalue weighted by Gasteiger charge is -2.24. The Balaban J connectivity index is 2.29. The first-order chi connectivity index (χ1) is 8.27. The van der Waals surface area contributed by atoms with Crippen LogP contribution in [0.2, 0.25) is 0 Å². The summed E-state index contributed by atoms with van der Waals surface area (Å²) in [6.07, 6.45) is 2.44. The molecule has 0 atom stereocenters. The summed E-state index contributed by atoms with van der Waals surface area (Å²) in [7, 11) is 1.73. The molecule has 0 saturated carbocycles. The molecular formula is C13H23N3O. The summed E-state index contributed by atoms with van der Waals surface area (Å²) in [6, 6.07) is 0. The number of nitrogens with zero attached hydrogens (tertiary/aromatic N) is 2. The first-order valence-electron chi connectivity index (χ1n) is 6.53. The monoisotopic (exact) mass is 237 g/mol. The zero-order valence-electron chi connectivity index (χ0n) is 11.1. The average Bonchev–Trinajstić information content (AvgIpc) is 2.68. The minimum Gasteiger partial charge on any atom is -0.378 e. The van der Waals surface area contributed by atoms with Crippen LogP contribution in [0.25, 0.3) is 0 Å². The second-order valence-electron chi connectivity index (χ2n) is 4.73. The highest BCUT2D eigenvalue weighted by Gasteiger charge is 2.23. The number of nitrogens with one attached hydrogen (secondary N) is 1. The van der Waals surface area contributed by atoms with Crippen LogP contribution in [-0.2, 0) is 17.9 Å². The van der Waals surface area contributed by atoms with E-state index in [-0.39, 0.29) is 0 Å². The van der Waals surface area contributed by atoms with Crippen molar-refractivity contribution < 1.29 is 4.74 Å². The molecular weight excluding hydrogens is 214 g/mol. The third kappa shape index (κ3) is 2.53. The van der Waals surface area contributed by atoms with E-state index in [1.54, 1.807) is 7.11 Å². The smallest absolute Gasteiger partial charge is 0.0913 e. The molecule has 0 spiro atoms. The summed E-state index contributed by atoms with van der Waals surface area (Å²) in [4.78, 5) is 0. The van der Waals surface area contributed by atoms with E-state index < -0.39 is 0 Å². The van der Waals surface area contributed by atoms with Gasteiger partial charge in [-0.3, -0.25) is 4.68 Å². The van der Waals surface area contributed by atoms with Crippen LogP contribution >= 0.6 is 0 Å². The molecule has 0 bridgehead atoms. The number of hydrogen-bond acceptors (Lipinski definition) is 3. The molecule has 0 radical (unpaired) electrons. The maximum Gasteiger partial charge on any atom is 0.0913 e. The second-order valence-corrected chi connectivity index (χ2v) is 4.73. The highest BCUT2D eigenvalue weighted by molar-refractivity contribution is 5.28. The quantitative estimate of drug-likeness (QED) is 0.868. The second kappa shape index (κ2) is 5.65. The van der Waals surface area contributed by atoms with Crippen LogP contribution in [0.1, 0.15) is 42.6 Å². The van der Waals surface area contributed by atoms with Gasteiger partial charge in [-0.15, -0.1) is 0 Å². The summed E-state index contributed by atoms with van der Waals surface area (Å²) < 4.78 is 7.39. The molecule has 1 saturated heterocycles. The third-order valence-corrected chi connectivity index (χ3v) is 3.64. The molecule has 4 heteroatoms. The molecule has 2 rings (SSSR count). The largest absolute Gasteiger partial charge is 0.378 e. The van der Waals surface area contributed by atoms with Gasteiger partial charge in [-0.1, -0.05) is 0 Å². The minimum atomic E-state index is 0.622. The van der Waals surface area contributed by atoms with E-state index >= 15 is 0 Å². The number of hydrogen-bond donors (Lipinski definition) is 1. The lowest BCUT2D eigenvalue weighted by molar-refractivity contribution is 0.180. The summed E-state index contributed by atoms with van der Waals surface area (Å²) in [5.41, 5.74) is 3.87. The van der Waals surface area contributed by atoms with Gasteiger partial charge in [-0.05, 0) is 45.3 Å². The van der Waals surface area contributed by atoms with Crippen molar-refractivity contribution in [1.82, 2.24) is 15.1 Å². The summed E-state index contributed by atoms with van der Waals surface area (Å²) in [6.45, 7) is 8.16. The van der Waals surface area contributed by atoms with Crippen LogP contribution in [0, 0.1) is 6.92 Å². The van der Waals surface area contributed by atoms with Crippen molar-refractivity contribution in [2.75, 3.05) is 20.2 Å². The van der Waals surface area contributed by atoms with Crippen molar-refractivity contribution in [3.63, 3.8) is 0 Å². The Morgan fingerprint density at radius 1 is 1.41 bits per heavy atom. The van der Waals surface area contributed by atoms with Crippen LogP contribution in [0.5, 0.6) is 0 Å². The highest BCUT2D eigenvalue weighted by atomic mass is 16.5. The maximum absolute atomic E-state index is 5.22. The van der Waals surface area contributed by atoms with E-state index in [0.717, 1.165) is 25.3 Å². The number of aromatic nitrogens is 2. The molecule has 0 aromatic carbocycles. The number of methoxy groups -OCH3 is 1. The van der Waals surface area contributed by atoms with Gasteiger partial charge in [-0.2, -0.15) is 5.10 Å². The zero-order valence-corrected chi connectivity index (χ0v) is 11.1. The molecule has 1 N–H and O–H groups in total. The number of rotatable bonds is 4. The van der Waals surface area contributed by atoms with Gasteiger partial charge in [-0.25, -0.2) is 0 Å². The van der Waals surface area contributed by atoms with Crippen molar-refractivity contribution in [2.24, 2.45) is 0 Å². The number of aryl methyl sites for hydroxylation is 1. The molecule has 4 nitrogen and oxygen atoms in total. The third-order valence-electron chi connectivity index (χ3n) is 3.64. The number of piperidine rings is 1. The van der Waals surface area contributed by atoms with Gasteiger partial charge in [0.25, 0.3) is 0 Å². The molecule has 0 aliphatic carbocycles. The molecule has 1 aromatic heterocycles. The van der Waals surface area contributed by atoms with Gasteiger partial charge in [0.05, 0.1) is 12.3 Å². The summed E-state index contributed by atoms with van der Waals surface area (Å²) in [5.74, 6) is 0.661. The van der Waals surface area contributed by atoms with Crippen LogP contribution in [-0.4, -0.2) is 30.0 Å². The Labute approximate surface area is 103 Å². The Hall–Kier alpha value is -0.870. The number of ether oxygens (including phenoxy) is 1. The van der Waals surface area contributed by atoms with Gasteiger partial charge in [0.15, 0.2) is 0 Å². The van der Waals surface area contributed by atoms with Crippen molar-refractivity contribution in [3.8, 4) is 0 Å². The SMILES string of the molecule is CCn1nc(COC)c(C)c1C1CCNCC1. The van der Waals surface area contributed by atoms with Crippen LogP contribution in [0.3, 0.4) is 0 Å². The lowest BCUT2D eigenvalue weighted by Crippen LogP contribution is -2.28. The van der Waals surface area contributed by atoms with Crippen molar-refractivity contribution in [1.29, 1.82) is 0 Å². The standard InChI is InChI=1S/C13H23N3O/c1-4-16-13(11-5-7-14-8-6-11)10(2)12(15-16)9-17-3/h11,14H,4-9H2,1-3H3. The van der Waals surface area contributed by atoms with E-state index in [0.29, 0.717) is 12.5 Å². The van der Waals surface area contributed by atoms with E-state index in [1.807, 2.05) is 0 Å². The highest BCUT2D eigenvalue weighted by Crippen LogP contribution is 2.29.